The van der Waals surface area contributed by atoms with Gasteiger partial charge in [-0.25, -0.2) is 8.78 Å². The smallest absolute Gasteiger partial charge is 0.257 e. The van der Waals surface area contributed by atoms with E-state index < -0.39 is 6.10 Å². The number of ether oxygens (including phenoxy) is 1. The number of aromatic nitrogens is 2. The van der Waals surface area contributed by atoms with E-state index in [1.54, 1.807) is 12.1 Å². The highest BCUT2D eigenvalue weighted by molar-refractivity contribution is 5.97. The van der Waals surface area contributed by atoms with Crippen molar-refractivity contribution in [3.63, 3.8) is 0 Å². The first-order valence-corrected chi connectivity index (χ1v) is 8.81. The Hall–Kier alpha value is -2.97. The Morgan fingerprint density at radius 3 is 2.46 bits per heavy atom. The fourth-order valence-corrected chi connectivity index (χ4v) is 3.01. The first-order valence-electron chi connectivity index (χ1n) is 8.81. The minimum Gasteiger partial charge on any atom is -0.366 e. The van der Waals surface area contributed by atoms with Gasteiger partial charge in [-0.3, -0.25) is 9.69 Å². The number of benzene rings is 2. The third-order valence-corrected chi connectivity index (χ3v) is 4.50. The van der Waals surface area contributed by atoms with Crippen molar-refractivity contribution < 1.29 is 22.8 Å². The molecule has 1 aliphatic heterocycles. The van der Waals surface area contributed by atoms with Crippen LogP contribution in [0.3, 0.4) is 0 Å². The van der Waals surface area contributed by atoms with Gasteiger partial charge in [0.05, 0.1) is 13.2 Å². The highest BCUT2D eigenvalue weighted by Crippen LogP contribution is 2.24. The van der Waals surface area contributed by atoms with E-state index in [1.807, 2.05) is 4.90 Å². The molecule has 0 amide bonds. The molecule has 1 saturated heterocycles. The van der Waals surface area contributed by atoms with Gasteiger partial charge in [-0.05, 0) is 48.5 Å². The van der Waals surface area contributed by atoms with Gasteiger partial charge < -0.3 is 9.26 Å². The summed E-state index contributed by atoms with van der Waals surface area (Å²) >= 11 is 0. The lowest BCUT2D eigenvalue weighted by atomic mass is 10.1. The Kier molecular flexibility index (Phi) is 5.23. The highest BCUT2D eigenvalue weighted by Gasteiger charge is 2.28. The molecule has 1 unspecified atom stereocenters. The van der Waals surface area contributed by atoms with Crippen LogP contribution in [-0.2, 0) is 4.74 Å². The van der Waals surface area contributed by atoms with Gasteiger partial charge in [0.25, 0.3) is 5.89 Å². The van der Waals surface area contributed by atoms with Gasteiger partial charge in [0.1, 0.15) is 17.7 Å². The summed E-state index contributed by atoms with van der Waals surface area (Å²) in [5, 5.41) is 3.92. The van der Waals surface area contributed by atoms with E-state index in [9.17, 15) is 13.6 Å². The molecule has 0 bridgehead atoms. The SMILES string of the molecule is O=C(CN1CCOC(c2nc(-c3ccc(F)cc3)no2)C1)c1ccc(F)cc1. The van der Waals surface area contributed by atoms with Crippen molar-refractivity contribution >= 4 is 5.78 Å². The predicted molar refractivity (Wildman–Crippen MR) is 95.6 cm³/mol. The zero-order chi connectivity index (χ0) is 19.5. The number of carbonyl (C=O) groups is 1. The number of halogens is 2. The second-order valence-electron chi connectivity index (χ2n) is 6.49. The topological polar surface area (TPSA) is 68.5 Å². The van der Waals surface area contributed by atoms with Gasteiger partial charge in [0.2, 0.25) is 5.82 Å². The van der Waals surface area contributed by atoms with E-state index in [1.165, 1.54) is 36.4 Å². The van der Waals surface area contributed by atoms with Crippen molar-refractivity contribution in [3.05, 3.63) is 71.6 Å². The van der Waals surface area contributed by atoms with Crippen LogP contribution >= 0.6 is 0 Å². The third kappa shape index (κ3) is 4.13. The average molecular weight is 385 g/mol. The summed E-state index contributed by atoms with van der Waals surface area (Å²) in [5.74, 6) is -0.171. The van der Waals surface area contributed by atoms with E-state index in [4.69, 9.17) is 9.26 Å². The fraction of sp³-hybridized carbons (Fsp3) is 0.250. The molecule has 144 valence electrons. The van der Waals surface area contributed by atoms with Crippen LogP contribution < -0.4 is 0 Å². The molecule has 2 heterocycles. The Morgan fingerprint density at radius 1 is 1.07 bits per heavy atom. The molecule has 1 atom stereocenters. The summed E-state index contributed by atoms with van der Waals surface area (Å²) in [5.41, 5.74) is 1.09. The van der Waals surface area contributed by atoms with Crippen LogP contribution in [0.2, 0.25) is 0 Å². The standard InChI is InChI=1S/C20H17F2N3O3/c21-15-5-1-13(2-6-15)17(26)11-25-9-10-27-18(12-25)20-23-19(24-28-20)14-3-7-16(22)8-4-14/h1-8,18H,9-12H2. The van der Waals surface area contributed by atoms with Crippen LogP contribution in [0.5, 0.6) is 0 Å². The second-order valence-corrected chi connectivity index (χ2v) is 6.49. The van der Waals surface area contributed by atoms with E-state index in [0.717, 1.165) is 0 Å². The molecule has 0 N–H and O–H groups in total. The lowest BCUT2D eigenvalue weighted by Gasteiger charge is -2.30. The number of rotatable bonds is 5. The average Bonchev–Trinajstić information content (AvgIpc) is 3.19. The molecule has 4 rings (SSSR count). The summed E-state index contributed by atoms with van der Waals surface area (Å²) in [6, 6.07) is 11.3. The molecule has 1 aromatic heterocycles. The molecule has 6 nitrogen and oxygen atoms in total. The lowest BCUT2D eigenvalue weighted by molar-refractivity contribution is -0.0423. The Balaban J connectivity index is 1.42. The molecular formula is C20H17F2N3O3. The number of morpholine rings is 1. The second kappa shape index (κ2) is 7.95. The summed E-state index contributed by atoms with van der Waals surface area (Å²) < 4.78 is 37.1. The zero-order valence-electron chi connectivity index (χ0n) is 14.8. The van der Waals surface area contributed by atoms with Gasteiger partial charge >= 0.3 is 0 Å². The van der Waals surface area contributed by atoms with E-state index >= 15 is 0 Å². The first-order chi connectivity index (χ1) is 13.6. The minimum absolute atomic E-state index is 0.0989. The molecule has 1 aliphatic rings. The van der Waals surface area contributed by atoms with Crippen LogP contribution in [0.1, 0.15) is 22.4 Å². The summed E-state index contributed by atoms with van der Waals surface area (Å²) in [6.45, 7) is 1.60. The molecule has 0 spiro atoms. The maximum absolute atomic E-state index is 13.1. The molecule has 1 fully saturated rings. The molecule has 3 aromatic rings. The molecule has 0 saturated carbocycles. The van der Waals surface area contributed by atoms with Gasteiger partial charge in [-0.1, -0.05) is 5.16 Å². The van der Waals surface area contributed by atoms with Crippen LogP contribution in [0.15, 0.2) is 53.1 Å². The lowest BCUT2D eigenvalue weighted by Crippen LogP contribution is -2.41. The quantitative estimate of drug-likeness (QED) is 0.628. The molecule has 0 radical (unpaired) electrons. The molecule has 0 aliphatic carbocycles. The van der Waals surface area contributed by atoms with Crippen molar-refractivity contribution in [1.29, 1.82) is 0 Å². The van der Waals surface area contributed by atoms with E-state index in [-0.39, 0.29) is 24.0 Å². The van der Waals surface area contributed by atoms with Crippen LogP contribution in [0.25, 0.3) is 11.4 Å². The number of nitrogens with zero attached hydrogens (tertiary/aromatic N) is 3. The normalized spacial score (nSPS) is 17.6. The molecular weight excluding hydrogens is 368 g/mol. The maximum atomic E-state index is 13.1. The third-order valence-electron chi connectivity index (χ3n) is 4.50. The summed E-state index contributed by atoms with van der Waals surface area (Å²) in [7, 11) is 0. The minimum atomic E-state index is -0.462. The predicted octanol–water partition coefficient (Wildman–Crippen LogP) is 3.27. The number of hydrogen-bond donors (Lipinski definition) is 0. The van der Waals surface area contributed by atoms with Crippen molar-refractivity contribution in [1.82, 2.24) is 15.0 Å². The Labute approximate surface area is 159 Å². The van der Waals surface area contributed by atoms with Crippen LogP contribution in [-0.4, -0.2) is 47.1 Å². The zero-order valence-corrected chi connectivity index (χ0v) is 14.8. The first kappa shape index (κ1) is 18.4. The maximum Gasteiger partial charge on any atom is 0.257 e. The number of hydrogen-bond acceptors (Lipinski definition) is 6. The van der Waals surface area contributed by atoms with Crippen LogP contribution in [0, 0.1) is 11.6 Å². The summed E-state index contributed by atoms with van der Waals surface area (Å²) in [6.07, 6.45) is -0.462. The molecule has 2 aromatic carbocycles. The number of Topliss-reactive ketones (excluding diaryl/α,β-unsaturated/α-hetero) is 1. The summed E-state index contributed by atoms with van der Waals surface area (Å²) in [4.78, 5) is 18.7. The Bertz CT molecular complexity index is 958. The molecule has 28 heavy (non-hydrogen) atoms. The van der Waals surface area contributed by atoms with Gasteiger partial charge in [-0.2, -0.15) is 4.98 Å². The van der Waals surface area contributed by atoms with Crippen molar-refractivity contribution in [2.45, 2.75) is 6.10 Å². The highest BCUT2D eigenvalue weighted by atomic mass is 19.1. The Morgan fingerprint density at radius 2 is 1.75 bits per heavy atom. The van der Waals surface area contributed by atoms with Crippen LogP contribution in [0.4, 0.5) is 8.78 Å². The number of carbonyl (C=O) groups excluding carboxylic acids is 1. The number of ketones is 1. The largest absolute Gasteiger partial charge is 0.366 e. The van der Waals surface area contributed by atoms with Crippen molar-refractivity contribution in [3.8, 4) is 11.4 Å². The monoisotopic (exact) mass is 385 g/mol. The van der Waals surface area contributed by atoms with Crippen molar-refractivity contribution in [2.75, 3.05) is 26.2 Å². The van der Waals surface area contributed by atoms with E-state index in [0.29, 0.717) is 42.5 Å². The van der Waals surface area contributed by atoms with Gasteiger partial charge in [0, 0.05) is 24.2 Å². The molecule has 8 heteroatoms. The van der Waals surface area contributed by atoms with Crippen molar-refractivity contribution in [2.24, 2.45) is 0 Å². The van der Waals surface area contributed by atoms with Gasteiger partial charge in [-0.15, -0.1) is 0 Å². The van der Waals surface area contributed by atoms with E-state index in [2.05, 4.69) is 10.1 Å². The van der Waals surface area contributed by atoms with Gasteiger partial charge in [0.15, 0.2) is 5.78 Å². The fourth-order valence-electron chi connectivity index (χ4n) is 3.01.